The van der Waals surface area contributed by atoms with E-state index in [9.17, 15) is 4.21 Å². The lowest BCUT2D eigenvalue weighted by atomic mass is 10.1. The van der Waals surface area contributed by atoms with Gasteiger partial charge in [-0.2, -0.15) is 0 Å². The van der Waals surface area contributed by atoms with Crippen LogP contribution in [0.25, 0.3) is 0 Å². The molecule has 0 bridgehead atoms. The van der Waals surface area contributed by atoms with Crippen molar-refractivity contribution in [2.45, 2.75) is 16.4 Å². The lowest BCUT2D eigenvalue weighted by Crippen LogP contribution is -2.31. The molecule has 0 spiro atoms. The second-order valence-corrected chi connectivity index (χ2v) is 7.49. The van der Waals surface area contributed by atoms with Crippen LogP contribution in [0.2, 0.25) is 0 Å². The van der Waals surface area contributed by atoms with Gasteiger partial charge in [0.05, 0.1) is 12.0 Å². The summed E-state index contributed by atoms with van der Waals surface area (Å²) < 4.78 is 24.3. The van der Waals surface area contributed by atoms with Crippen LogP contribution in [0.3, 0.4) is 0 Å². The summed E-state index contributed by atoms with van der Waals surface area (Å²) in [6.07, 6.45) is 0. The Bertz CT molecular complexity index is 912. The number of nitrogens with one attached hydrogen (secondary N) is 1. The van der Waals surface area contributed by atoms with Crippen molar-refractivity contribution < 1.29 is 13.7 Å². The van der Waals surface area contributed by atoms with Crippen LogP contribution in [-0.4, -0.2) is 16.8 Å². The third-order valence-electron chi connectivity index (χ3n) is 4.36. The van der Waals surface area contributed by atoms with Gasteiger partial charge in [0.25, 0.3) is 0 Å². The van der Waals surface area contributed by atoms with E-state index in [0.717, 1.165) is 21.9 Å². The molecule has 3 atom stereocenters. The summed E-state index contributed by atoms with van der Waals surface area (Å²) in [5.74, 6) is 1.48. The Morgan fingerprint density at radius 1 is 0.962 bits per heavy atom. The number of ether oxygens (including phenoxy) is 2. The number of anilines is 1. The summed E-state index contributed by atoms with van der Waals surface area (Å²) in [7, 11) is 0.386. The first-order valence-electron chi connectivity index (χ1n) is 8.38. The lowest BCUT2D eigenvalue weighted by Gasteiger charge is -2.25. The fourth-order valence-electron chi connectivity index (χ4n) is 3.04. The Kier molecular flexibility index (Phi) is 4.63. The second-order valence-electron chi connectivity index (χ2n) is 5.99. The van der Waals surface area contributed by atoms with Crippen molar-refractivity contribution in [1.82, 2.24) is 0 Å². The molecule has 1 aliphatic rings. The van der Waals surface area contributed by atoms with Crippen LogP contribution in [0.5, 0.6) is 11.5 Å². The van der Waals surface area contributed by atoms with E-state index in [1.165, 1.54) is 0 Å². The average Bonchev–Trinajstić information content (AvgIpc) is 3.04. The molecule has 4 rings (SSSR count). The molecular formula is C21H19NO3S. The monoisotopic (exact) mass is 365 g/mol. The summed E-state index contributed by atoms with van der Waals surface area (Å²) in [6, 6.07) is 24.9. The SMILES string of the molecule is COc1ccc(N[C@H](c2ccccc2)[C@@H]2Oc3ccccc3S2=O)cc1. The zero-order valence-corrected chi connectivity index (χ0v) is 15.1. The summed E-state index contributed by atoms with van der Waals surface area (Å²) >= 11 is 0. The topological polar surface area (TPSA) is 47.6 Å². The number of hydrogen-bond donors (Lipinski definition) is 1. The van der Waals surface area contributed by atoms with Crippen molar-refractivity contribution in [1.29, 1.82) is 0 Å². The highest BCUT2D eigenvalue weighted by Crippen LogP contribution is 2.39. The first kappa shape index (κ1) is 16.7. The van der Waals surface area contributed by atoms with Crippen molar-refractivity contribution >= 4 is 16.5 Å². The van der Waals surface area contributed by atoms with Gasteiger partial charge in [-0.3, -0.25) is 4.21 Å². The first-order chi connectivity index (χ1) is 12.8. The van der Waals surface area contributed by atoms with Crippen LogP contribution in [0.1, 0.15) is 11.6 Å². The summed E-state index contributed by atoms with van der Waals surface area (Å²) in [4.78, 5) is 0.745. The van der Waals surface area contributed by atoms with E-state index in [-0.39, 0.29) is 6.04 Å². The van der Waals surface area contributed by atoms with Crippen molar-refractivity contribution in [2.75, 3.05) is 12.4 Å². The van der Waals surface area contributed by atoms with E-state index in [1.54, 1.807) is 7.11 Å². The molecule has 1 unspecified atom stereocenters. The predicted octanol–water partition coefficient (Wildman–Crippen LogP) is 4.37. The molecule has 3 aromatic rings. The van der Waals surface area contributed by atoms with Crippen LogP contribution in [0.15, 0.2) is 83.8 Å². The summed E-state index contributed by atoms with van der Waals surface area (Å²) in [5, 5.41) is 3.48. The van der Waals surface area contributed by atoms with Gasteiger partial charge < -0.3 is 14.8 Å². The smallest absolute Gasteiger partial charge is 0.201 e. The van der Waals surface area contributed by atoms with Crippen molar-refractivity contribution in [2.24, 2.45) is 0 Å². The minimum atomic E-state index is -1.26. The first-order valence-corrected chi connectivity index (χ1v) is 9.59. The second kappa shape index (κ2) is 7.22. The number of rotatable bonds is 5. The van der Waals surface area contributed by atoms with E-state index >= 15 is 0 Å². The highest BCUT2D eigenvalue weighted by atomic mass is 32.2. The van der Waals surface area contributed by atoms with Crippen LogP contribution in [0.4, 0.5) is 5.69 Å². The van der Waals surface area contributed by atoms with Gasteiger partial charge in [-0.15, -0.1) is 0 Å². The quantitative estimate of drug-likeness (QED) is 0.729. The molecule has 26 heavy (non-hydrogen) atoms. The number of fused-ring (bicyclic) bond motifs is 1. The minimum Gasteiger partial charge on any atom is -0.497 e. The maximum absolute atomic E-state index is 13.0. The fraction of sp³-hybridized carbons (Fsp3) is 0.143. The van der Waals surface area contributed by atoms with E-state index < -0.39 is 16.2 Å². The van der Waals surface area contributed by atoms with Crippen molar-refractivity contribution in [3.63, 3.8) is 0 Å². The van der Waals surface area contributed by atoms with Crippen LogP contribution >= 0.6 is 0 Å². The number of para-hydroxylation sites is 1. The normalized spacial score (nSPS) is 19.3. The molecule has 3 aromatic carbocycles. The molecule has 0 saturated heterocycles. The molecule has 0 fully saturated rings. The third kappa shape index (κ3) is 3.18. The molecule has 4 nitrogen and oxygen atoms in total. The molecular weight excluding hydrogens is 346 g/mol. The van der Waals surface area contributed by atoms with E-state index in [0.29, 0.717) is 5.75 Å². The van der Waals surface area contributed by atoms with Crippen LogP contribution < -0.4 is 14.8 Å². The maximum atomic E-state index is 13.0. The van der Waals surface area contributed by atoms with Crippen LogP contribution in [0, 0.1) is 0 Å². The Morgan fingerprint density at radius 3 is 2.35 bits per heavy atom. The summed E-state index contributed by atoms with van der Waals surface area (Å²) in [6.45, 7) is 0. The average molecular weight is 365 g/mol. The fourth-order valence-corrected chi connectivity index (χ4v) is 4.48. The Labute approximate surface area is 155 Å². The standard InChI is InChI=1S/C21H19NO3S/c1-24-17-13-11-16(12-14-17)22-20(15-7-3-2-4-8-15)21-25-18-9-5-6-10-19(18)26(21)23/h2-14,20-22H,1H3/t20-,21-,26?/m1/s1. The summed E-state index contributed by atoms with van der Waals surface area (Å²) in [5.41, 5.74) is 1.43. The highest BCUT2D eigenvalue weighted by Gasteiger charge is 2.38. The number of hydrogen-bond acceptors (Lipinski definition) is 4. The highest BCUT2D eigenvalue weighted by molar-refractivity contribution is 7.86. The van der Waals surface area contributed by atoms with Crippen molar-refractivity contribution in [3.05, 3.63) is 84.4 Å². The number of benzene rings is 3. The van der Waals surface area contributed by atoms with Crippen LogP contribution in [-0.2, 0) is 10.8 Å². The molecule has 1 heterocycles. The molecule has 0 aromatic heterocycles. The molecule has 0 amide bonds. The third-order valence-corrected chi connectivity index (χ3v) is 5.92. The Balaban J connectivity index is 1.67. The van der Waals surface area contributed by atoms with Gasteiger partial charge in [0.15, 0.2) is 0 Å². The Morgan fingerprint density at radius 2 is 1.65 bits per heavy atom. The molecule has 5 heteroatoms. The van der Waals surface area contributed by atoms with Gasteiger partial charge in [0, 0.05) is 5.69 Å². The molecule has 0 radical (unpaired) electrons. The van der Waals surface area contributed by atoms with E-state index in [2.05, 4.69) is 5.32 Å². The molecule has 0 aliphatic carbocycles. The van der Waals surface area contributed by atoms with Gasteiger partial charge >= 0.3 is 0 Å². The van der Waals surface area contributed by atoms with Gasteiger partial charge in [-0.1, -0.05) is 42.5 Å². The number of methoxy groups -OCH3 is 1. The molecule has 0 saturated carbocycles. The van der Waals surface area contributed by atoms with Crippen molar-refractivity contribution in [3.8, 4) is 11.5 Å². The molecule has 1 N–H and O–H groups in total. The van der Waals surface area contributed by atoms with Gasteiger partial charge in [0.2, 0.25) is 5.44 Å². The molecule has 1 aliphatic heterocycles. The predicted molar refractivity (Wildman–Crippen MR) is 103 cm³/mol. The lowest BCUT2D eigenvalue weighted by molar-refractivity contribution is 0.267. The van der Waals surface area contributed by atoms with E-state index in [4.69, 9.17) is 9.47 Å². The Hall–Kier alpha value is -2.79. The zero-order valence-electron chi connectivity index (χ0n) is 14.3. The maximum Gasteiger partial charge on any atom is 0.201 e. The zero-order chi connectivity index (χ0) is 17.9. The van der Waals surface area contributed by atoms with Gasteiger partial charge in [-0.05, 0) is 42.0 Å². The minimum absolute atomic E-state index is 0.252. The van der Waals surface area contributed by atoms with Gasteiger partial charge in [-0.25, -0.2) is 0 Å². The largest absolute Gasteiger partial charge is 0.497 e. The van der Waals surface area contributed by atoms with Gasteiger partial charge in [0.1, 0.15) is 28.3 Å². The van der Waals surface area contributed by atoms with E-state index in [1.807, 2.05) is 78.9 Å². The molecule has 132 valence electrons.